The average molecular weight is 224 g/mol. The second-order valence-electron chi connectivity index (χ2n) is 3.52. The highest BCUT2D eigenvalue weighted by molar-refractivity contribution is 5.91. The summed E-state index contributed by atoms with van der Waals surface area (Å²) in [6, 6.07) is 2.75. The minimum atomic E-state index is -0.329. The highest BCUT2D eigenvalue weighted by Gasteiger charge is 2.07. The van der Waals surface area contributed by atoms with Crippen LogP contribution in [0.2, 0.25) is 0 Å². The molecule has 0 spiro atoms. The fourth-order valence-electron chi connectivity index (χ4n) is 1.14. The molecule has 1 rings (SSSR count). The Hall–Kier alpha value is -1.69. The van der Waals surface area contributed by atoms with Gasteiger partial charge in [-0.05, 0) is 18.9 Å². The molecule has 1 atom stereocenters. The van der Waals surface area contributed by atoms with E-state index in [1.165, 1.54) is 12.1 Å². The van der Waals surface area contributed by atoms with Gasteiger partial charge in [0.15, 0.2) is 0 Å². The number of rotatable bonds is 5. The number of carbonyl (C=O) groups excluding carboxylic acids is 1. The van der Waals surface area contributed by atoms with Gasteiger partial charge in [-0.2, -0.15) is 5.10 Å². The highest BCUT2D eigenvalue weighted by atomic mass is 16.2. The van der Waals surface area contributed by atoms with Crippen LogP contribution < -0.4 is 16.6 Å². The van der Waals surface area contributed by atoms with Crippen LogP contribution >= 0.6 is 0 Å². The van der Waals surface area contributed by atoms with Crippen molar-refractivity contribution in [3.63, 3.8) is 0 Å². The minimum Gasteiger partial charge on any atom is -0.351 e. The number of nitrogens with one attached hydrogen (secondary N) is 2. The molecule has 0 bridgehead atoms. The van der Waals surface area contributed by atoms with Crippen molar-refractivity contribution >= 4 is 5.91 Å². The van der Waals surface area contributed by atoms with Crippen LogP contribution in [0.15, 0.2) is 16.9 Å². The summed E-state index contributed by atoms with van der Waals surface area (Å²) < 4.78 is 0. The number of aromatic nitrogens is 2. The molecule has 0 fully saturated rings. The van der Waals surface area contributed by atoms with Gasteiger partial charge < -0.3 is 11.1 Å². The predicted molar refractivity (Wildman–Crippen MR) is 60.1 cm³/mol. The molecular weight excluding hydrogens is 208 g/mol. The van der Waals surface area contributed by atoms with Gasteiger partial charge >= 0.3 is 0 Å². The maximum absolute atomic E-state index is 11.5. The second-order valence-corrected chi connectivity index (χ2v) is 3.52. The van der Waals surface area contributed by atoms with E-state index in [1.54, 1.807) is 0 Å². The van der Waals surface area contributed by atoms with E-state index in [0.717, 1.165) is 12.8 Å². The van der Waals surface area contributed by atoms with Gasteiger partial charge in [0.1, 0.15) is 5.69 Å². The van der Waals surface area contributed by atoms with Crippen LogP contribution in [-0.2, 0) is 0 Å². The summed E-state index contributed by atoms with van der Waals surface area (Å²) in [5.41, 5.74) is 5.57. The zero-order valence-electron chi connectivity index (χ0n) is 9.19. The molecule has 4 N–H and O–H groups in total. The Morgan fingerprint density at radius 2 is 2.38 bits per heavy atom. The van der Waals surface area contributed by atoms with Gasteiger partial charge in [-0.1, -0.05) is 6.92 Å². The highest BCUT2D eigenvalue weighted by Crippen LogP contribution is 1.93. The van der Waals surface area contributed by atoms with Crippen LogP contribution in [-0.4, -0.2) is 28.7 Å². The first-order chi connectivity index (χ1) is 7.63. The predicted octanol–water partition coefficient (Wildman–Crippen LogP) is -0.373. The van der Waals surface area contributed by atoms with Gasteiger partial charge in [0.05, 0.1) is 0 Å². The van der Waals surface area contributed by atoms with E-state index < -0.39 is 0 Å². The van der Waals surface area contributed by atoms with E-state index >= 15 is 0 Å². The first kappa shape index (κ1) is 12.4. The summed E-state index contributed by atoms with van der Waals surface area (Å²) in [6.07, 6.45) is 1.61. The van der Waals surface area contributed by atoms with Crippen molar-refractivity contribution in [2.24, 2.45) is 5.73 Å². The first-order valence-corrected chi connectivity index (χ1v) is 5.23. The molecular formula is C10H16N4O2. The van der Waals surface area contributed by atoms with Gasteiger partial charge in [-0.15, -0.1) is 0 Å². The van der Waals surface area contributed by atoms with E-state index in [9.17, 15) is 9.59 Å². The largest absolute Gasteiger partial charge is 0.351 e. The molecule has 1 aromatic heterocycles. The molecule has 0 saturated carbocycles. The van der Waals surface area contributed by atoms with Crippen molar-refractivity contribution in [1.29, 1.82) is 0 Å². The third-order valence-electron chi connectivity index (χ3n) is 2.24. The standard InChI is InChI=1S/C10H16N4O2/c1-2-7(11)5-6-12-10(16)8-3-4-9(15)14-13-8/h3-4,7H,2,5-6,11H2,1H3,(H,12,16)(H,14,15). The molecule has 0 aliphatic carbocycles. The molecule has 1 aromatic rings. The molecule has 0 aromatic carbocycles. The monoisotopic (exact) mass is 224 g/mol. The summed E-state index contributed by atoms with van der Waals surface area (Å²) in [7, 11) is 0. The second kappa shape index (κ2) is 6.02. The van der Waals surface area contributed by atoms with Crippen LogP contribution in [0.3, 0.4) is 0 Å². The summed E-state index contributed by atoms with van der Waals surface area (Å²) in [5, 5.41) is 8.50. The molecule has 1 amide bonds. The van der Waals surface area contributed by atoms with Crippen molar-refractivity contribution in [2.75, 3.05) is 6.54 Å². The molecule has 0 radical (unpaired) electrons. The Balaban J connectivity index is 2.41. The number of hydrogen-bond donors (Lipinski definition) is 3. The molecule has 1 heterocycles. The fraction of sp³-hybridized carbons (Fsp3) is 0.500. The SMILES string of the molecule is CCC(N)CCNC(=O)c1ccc(=O)[nH]n1. The molecule has 16 heavy (non-hydrogen) atoms. The van der Waals surface area contributed by atoms with E-state index in [4.69, 9.17) is 5.73 Å². The Morgan fingerprint density at radius 1 is 1.62 bits per heavy atom. The lowest BCUT2D eigenvalue weighted by molar-refractivity contribution is 0.0946. The quantitative estimate of drug-likeness (QED) is 0.635. The average Bonchev–Trinajstić information content (AvgIpc) is 2.29. The molecule has 0 aliphatic rings. The Bertz CT molecular complexity index is 382. The van der Waals surface area contributed by atoms with E-state index in [1.807, 2.05) is 6.92 Å². The van der Waals surface area contributed by atoms with Crippen molar-refractivity contribution in [3.05, 3.63) is 28.2 Å². The normalized spacial score (nSPS) is 12.1. The molecule has 88 valence electrons. The zero-order valence-corrected chi connectivity index (χ0v) is 9.19. The first-order valence-electron chi connectivity index (χ1n) is 5.23. The fourth-order valence-corrected chi connectivity index (χ4v) is 1.14. The smallest absolute Gasteiger partial charge is 0.271 e. The van der Waals surface area contributed by atoms with Crippen LogP contribution in [0.1, 0.15) is 30.3 Å². The number of carbonyl (C=O) groups is 1. The van der Waals surface area contributed by atoms with Crippen molar-refractivity contribution in [1.82, 2.24) is 15.5 Å². The number of nitrogens with two attached hydrogens (primary N) is 1. The topological polar surface area (TPSA) is 101 Å². The molecule has 0 aliphatic heterocycles. The van der Waals surface area contributed by atoms with Crippen molar-refractivity contribution < 1.29 is 4.79 Å². The maximum atomic E-state index is 11.5. The Kier molecular flexibility index (Phi) is 4.65. The van der Waals surface area contributed by atoms with Gasteiger partial charge in [0.25, 0.3) is 11.5 Å². The number of nitrogens with zero attached hydrogens (tertiary/aromatic N) is 1. The number of amides is 1. The van der Waals surface area contributed by atoms with Crippen LogP contribution in [0, 0.1) is 0 Å². The number of aromatic amines is 1. The minimum absolute atomic E-state index is 0.101. The lowest BCUT2D eigenvalue weighted by Crippen LogP contribution is -2.31. The third kappa shape index (κ3) is 3.82. The summed E-state index contributed by atoms with van der Waals surface area (Å²) >= 11 is 0. The summed E-state index contributed by atoms with van der Waals surface area (Å²) in [6.45, 7) is 2.50. The zero-order chi connectivity index (χ0) is 12.0. The lowest BCUT2D eigenvalue weighted by atomic mass is 10.2. The van der Waals surface area contributed by atoms with E-state index in [-0.39, 0.29) is 23.2 Å². The Labute approximate surface area is 93.2 Å². The van der Waals surface area contributed by atoms with Gasteiger partial charge in [0.2, 0.25) is 0 Å². The summed E-state index contributed by atoms with van der Waals surface area (Å²) in [4.78, 5) is 22.2. The molecule has 0 saturated heterocycles. The van der Waals surface area contributed by atoms with Gasteiger partial charge in [0, 0.05) is 18.7 Å². The third-order valence-corrected chi connectivity index (χ3v) is 2.24. The van der Waals surface area contributed by atoms with Gasteiger partial charge in [-0.25, -0.2) is 5.10 Å². The van der Waals surface area contributed by atoms with Crippen LogP contribution in [0.4, 0.5) is 0 Å². The molecule has 6 nitrogen and oxygen atoms in total. The van der Waals surface area contributed by atoms with Crippen molar-refractivity contribution in [2.45, 2.75) is 25.8 Å². The summed E-state index contributed by atoms with van der Waals surface area (Å²) in [5.74, 6) is -0.306. The van der Waals surface area contributed by atoms with Crippen molar-refractivity contribution in [3.8, 4) is 0 Å². The lowest BCUT2D eigenvalue weighted by Gasteiger charge is -2.08. The maximum Gasteiger partial charge on any atom is 0.271 e. The number of hydrogen-bond acceptors (Lipinski definition) is 4. The number of H-pyrrole nitrogens is 1. The van der Waals surface area contributed by atoms with Crippen LogP contribution in [0.5, 0.6) is 0 Å². The van der Waals surface area contributed by atoms with E-state index in [0.29, 0.717) is 6.54 Å². The van der Waals surface area contributed by atoms with Gasteiger partial charge in [-0.3, -0.25) is 9.59 Å². The van der Waals surface area contributed by atoms with Crippen LogP contribution in [0.25, 0.3) is 0 Å². The molecule has 6 heteroatoms. The van der Waals surface area contributed by atoms with E-state index in [2.05, 4.69) is 15.5 Å². The molecule has 1 unspecified atom stereocenters. The Morgan fingerprint density at radius 3 is 2.94 bits per heavy atom.